The molecule has 1 heterocycles. The Morgan fingerprint density at radius 2 is 2.13 bits per heavy atom. The third-order valence-electron chi connectivity index (χ3n) is 2.30. The molecule has 0 bridgehead atoms. The lowest BCUT2D eigenvalue weighted by Gasteiger charge is -2.06. The quantitative estimate of drug-likeness (QED) is 0.696. The number of aromatic nitrogens is 2. The molecule has 0 aromatic carbocycles. The van der Waals surface area contributed by atoms with Crippen molar-refractivity contribution >= 4 is 0 Å². The van der Waals surface area contributed by atoms with Crippen LogP contribution in [0.25, 0.3) is 0 Å². The summed E-state index contributed by atoms with van der Waals surface area (Å²) >= 11 is 0. The zero-order chi connectivity index (χ0) is 11.3. The summed E-state index contributed by atoms with van der Waals surface area (Å²) in [5.41, 5.74) is 2.63. The van der Waals surface area contributed by atoms with Gasteiger partial charge in [-0.25, -0.2) is 0 Å². The third-order valence-corrected chi connectivity index (χ3v) is 2.30. The molecule has 0 fully saturated rings. The largest absolute Gasteiger partial charge is 0.392 e. The number of hydrogen-bond donors (Lipinski definition) is 1. The molecule has 5 heteroatoms. The van der Waals surface area contributed by atoms with Crippen molar-refractivity contribution in [3.8, 4) is 0 Å². The summed E-state index contributed by atoms with van der Waals surface area (Å²) in [5, 5.41) is 13.4. The lowest BCUT2D eigenvalue weighted by atomic mass is 10.2. The van der Waals surface area contributed by atoms with Crippen molar-refractivity contribution < 1.29 is 14.6 Å². The molecule has 1 aromatic rings. The van der Waals surface area contributed by atoms with Crippen LogP contribution in [-0.4, -0.2) is 35.2 Å². The van der Waals surface area contributed by atoms with E-state index in [0.717, 1.165) is 17.0 Å². The Labute approximate surface area is 89.6 Å². The van der Waals surface area contributed by atoms with Crippen LogP contribution in [0, 0.1) is 6.92 Å². The second-order valence-electron chi connectivity index (χ2n) is 3.34. The van der Waals surface area contributed by atoms with Crippen LogP contribution < -0.4 is 0 Å². The van der Waals surface area contributed by atoms with Crippen molar-refractivity contribution in [2.75, 3.05) is 20.3 Å². The summed E-state index contributed by atoms with van der Waals surface area (Å²) < 4.78 is 12.0. The summed E-state index contributed by atoms with van der Waals surface area (Å²) in [6.07, 6.45) is 0. The average Bonchev–Trinajstić information content (AvgIpc) is 2.48. The number of nitrogens with zero attached hydrogens (tertiary/aromatic N) is 2. The van der Waals surface area contributed by atoms with E-state index in [0.29, 0.717) is 19.8 Å². The fourth-order valence-corrected chi connectivity index (χ4v) is 1.45. The monoisotopic (exact) mass is 214 g/mol. The molecule has 5 nitrogen and oxygen atoms in total. The summed E-state index contributed by atoms with van der Waals surface area (Å²) in [4.78, 5) is 0. The maximum Gasteiger partial charge on any atom is 0.0889 e. The molecule has 0 spiro atoms. The van der Waals surface area contributed by atoms with Gasteiger partial charge in [-0.3, -0.25) is 4.68 Å². The van der Waals surface area contributed by atoms with Gasteiger partial charge in [0.1, 0.15) is 0 Å². The predicted octanol–water partition coefficient (Wildman–Crippen LogP) is 0.384. The smallest absolute Gasteiger partial charge is 0.0889 e. The lowest BCUT2D eigenvalue weighted by Crippen LogP contribution is -2.07. The lowest BCUT2D eigenvalue weighted by molar-refractivity contribution is 0.0581. The molecular weight excluding hydrogens is 196 g/mol. The molecule has 1 rings (SSSR count). The third kappa shape index (κ3) is 3.02. The Bertz CT molecular complexity index is 310. The maximum absolute atomic E-state index is 9.18. The standard InChI is InChI=1S/C10H18N2O3/c1-8-9(6-13)10(12(2)11-8)7-15-5-4-14-3/h13H,4-7H2,1-3H3. The van der Waals surface area contributed by atoms with Crippen LogP contribution in [-0.2, 0) is 29.7 Å². The van der Waals surface area contributed by atoms with E-state index in [9.17, 15) is 5.11 Å². The molecule has 86 valence electrons. The van der Waals surface area contributed by atoms with Gasteiger partial charge in [0.05, 0.1) is 37.8 Å². The van der Waals surface area contributed by atoms with Crippen LogP contribution in [0.4, 0.5) is 0 Å². The minimum atomic E-state index is 0.00262. The Kier molecular flexibility index (Phi) is 4.74. The molecule has 0 aliphatic rings. The molecule has 0 aliphatic heterocycles. The van der Waals surface area contributed by atoms with E-state index in [1.807, 2.05) is 14.0 Å². The second kappa shape index (κ2) is 5.85. The van der Waals surface area contributed by atoms with E-state index in [1.165, 1.54) is 0 Å². The van der Waals surface area contributed by atoms with Crippen LogP contribution in [0.2, 0.25) is 0 Å². The highest BCUT2D eigenvalue weighted by Gasteiger charge is 2.11. The van der Waals surface area contributed by atoms with Crippen molar-refractivity contribution in [3.05, 3.63) is 17.0 Å². The predicted molar refractivity (Wildman–Crippen MR) is 55.4 cm³/mol. The molecule has 0 saturated heterocycles. The van der Waals surface area contributed by atoms with Crippen LogP contribution in [0.5, 0.6) is 0 Å². The Hall–Kier alpha value is -0.910. The van der Waals surface area contributed by atoms with Crippen LogP contribution in [0.1, 0.15) is 17.0 Å². The van der Waals surface area contributed by atoms with Gasteiger partial charge in [0.2, 0.25) is 0 Å². The van der Waals surface area contributed by atoms with Crippen molar-refractivity contribution in [3.63, 3.8) is 0 Å². The maximum atomic E-state index is 9.18. The Balaban J connectivity index is 2.59. The first kappa shape index (κ1) is 12.2. The minimum Gasteiger partial charge on any atom is -0.392 e. The summed E-state index contributed by atoms with van der Waals surface area (Å²) in [5.74, 6) is 0. The fraction of sp³-hybridized carbons (Fsp3) is 0.700. The van der Waals surface area contributed by atoms with Gasteiger partial charge in [0.25, 0.3) is 0 Å². The number of rotatable bonds is 6. The van der Waals surface area contributed by atoms with E-state index in [4.69, 9.17) is 9.47 Å². The van der Waals surface area contributed by atoms with Gasteiger partial charge in [-0.1, -0.05) is 0 Å². The Morgan fingerprint density at radius 3 is 2.73 bits per heavy atom. The fourth-order valence-electron chi connectivity index (χ4n) is 1.45. The van der Waals surface area contributed by atoms with Gasteiger partial charge in [-0.05, 0) is 6.92 Å². The van der Waals surface area contributed by atoms with Crippen molar-refractivity contribution in [1.29, 1.82) is 0 Å². The number of aryl methyl sites for hydroxylation is 2. The minimum absolute atomic E-state index is 0.00262. The zero-order valence-electron chi connectivity index (χ0n) is 9.49. The molecule has 0 atom stereocenters. The second-order valence-corrected chi connectivity index (χ2v) is 3.34. The normalized spacial score (nSPS) is 10.9. The molecule has 0 unspecified atom stereocenters. The van der Waals surface area contributed by atoms with Crippen molar-refractivity contribution in [1.82, 2.24) is 9.78 Å². The van der Waals surface area contributed by atoms with Gasteiger partial charge in [-0.15, -0.1) is 0 Å². The van der Waals surface area contributed by atoms with Crippen LogP contribution >= 0.6 is 0 Å². The summed E-state index contributed by atoms with van der Waals surface area (Å²) in [6.45, 7) is 3.46. The van der Waals surface area contributed by atoms with E-state index in [2.05, 4.69) is 5.10 Å². The molecule has 15 heavy (non-hydrogen) atoms. The van der Waals surface area contributed by atoms with Gasteiger partial charge < -0.3 is 14.6 Å². The van der Waals surface area contributed by atoms with Gasteiger partial charge in [-0.2, -0.15) is 5.10 Å². The number of aliphatic hydroxyl groups is 1. The van der Waals surface area contributed by atoms with Gasteiger partial charge >= 0.3 is 0 Å². The topological polar surface area (TPSA) is 56.5 Å². The number of methoxy groups -OCH3 is 1. The number of hydrogen-bond acceptors (Lipinski definition) is 4. The van der Waals surface area contributed by atoms with E-state index in [-0.39, 0.29) is 6.61 Å². The average molecular weight is 214 g/mol. The molecule has 0 amide bonds. The molecule has 1 aromatic heterocycles. The first-order valence-corrected chi connectivity index (χ1v) is 4.89. The summed E-state index contributed by atoms with van der Waals surface area (Å²) in [7, 11) is 3.48. The molecule has 0 saturated carbocycles. The first-order valence-electron chi connectivity index (χ1n) is 4.89. The van der Waals surface area contributed by atoms with E-state index >= 15 is 0 Å². The van der Waals surface area contributed by atoms with Crippen molar-refractivity contribution in [2.45, 2.75) is 20.1 Å². The van der Waals surface area contributed by atoms with Crippen LogP contribution in [0.3, 0.4) is 0 Å². The van der Waals surface area contributed by atoms with Gasteiger partial charge in [0.15, 0.2) is 0 Å². The van der Waals surface area contributed by atoms with Crippen molar-refractivity contribution in [2.24, 2.45) is 7.05 Å². The first-order chi connectivity index (χ1) is 7.20. The SMILES string of the molecule is COCCOCc1c(CO)c(C)nn1C. The van der Waals surface area contributed by atoms with E-state index in [1.54, 1.807) is 11.8 Å². The zero-order valence-corrected chi connectivity index (χ0v) is 9.49. The number of aliphatic hydroxyl groups excluding tert-OH is 1. The van der Waals surface area contributed by atoms with Crippen LogP contribution in [0.15, 0.2) is 0 Å². The highest BCUT2D eigenvalue weighted by molar-refractivity contribution is 5.23. The molecule has 1 N–H and O–H groups in total. The molecular formula is C10H18N2O3. The highest BCUT2D eigenvalue weighted by atomic mass is 16.5. The summed E-state index contributed by atoms with van der Waals surface area (Å²) in [6, 6.07) is 0. The van der Waals surface area contributed by atoms with E-state index < -0.39 is 0 Å². The molecule has 0 aliphatic carbocycles. The number of ether oxygens (including phenoxy) is 2. The highest BCUT2D eigenvalue weighted by Crippen LogP contribution is 2.13. The van der Waals surface area contributed by atoms with Gasteiger partial charge in [0, 0.05) is 19.7 Å². The Morgan fingerprint density at radius 1 is 1.40 bits per heavy atom. The molecule has 0 radical (unpaired) electrons.